The molecular weight excluding hydrogens is 204 g/mol. The maximum atomic E-state index is 9.09. The summed E-state index contributed by atoms with van der Waals surface area (Å²) in [5, 5.41) is 9.09. The Morgan fingerprint density at radius 3 is 2.62 bits per heavy atom. The van der Waals surface area contributed by atoms with Crippen molar-refractivity contribution in [3.05, 3.63) is 23.8 Å². The summed E-state index contributed by atoms with van der Waals surface area (Å²) in [5.41, 5.74) is 0.855. The number of rotatable bonds is 4. The summed E-state index contributed by atoms with van der Waals surface area (Å²) >= 11 is 0. The van der Waals surface area contributed by atoms with Crippen molar-refractivity contribution in [2.45, 2.75) is 38.4 Å². The zero-order valence-corrected chi connectivity index (χ0v) is 9.61. The van der Waals surface area contributed by atoms with E-state index in [2.05, 4.69) is 0 Å². The van der Waals surface area contributed by atoms with Gasteiger partial charge in [0, 0.05) is 0 Å². The van der Waals surface area contributed by atoms with Crippen LogP contribution in [0.15, 0.2) is 18.2 Å². The molecule has 1 aliphatic rings. The van der Waals surface area contributed by atoms with E-state index in [0.717, 1.165) is 29.9 Å². The fraction of sp³-hybridized carbons (Fsp3) is 0.538. The maximum absolute atomic E-state index is 9.09. The Labute approximate surface area is 96.0 Å². The monoisotopic (exact) mass is 222 g/mol. The Hall–Kier alpha value is -1.22. The molecule has 0 aliphatic heterocycles. The lowest BCUT2D eigenvalue weighted by atomic mass is 10.2. The highest BCUT2D eigenvalue weighted by atomic mass is 16.5. The lowest BCUT2D eigenvalue weighted by Gasteiger charge is -2.16. The van der Waals surface area contributed by atoms with E-state index in [1.807, 2.05) is 18.2 Å². The Balaban J connectivity index is 2.15. The van der Waals surface area contributed by atoms with Crippen LogP contribution in [0.5, 0.6) is 11.5 Å². The summed E-state index contributed by atoms with van der Waals surface area (Å²) in [6.07, 6.45) is 5.03. The predicted molar refractivity (Wildman–Crippen MR) is 61.8 cm³/mol. The molecule has 0 saturated heterocycles. The summed E-state index contributed by atoms with van der Waals surface area (Å²) < 4.78 is 11.2. The van der Waals surface area contributed by atoms with Gasteiger partial charge in [0.2, 0.25) is 0 Å². The molecule has 16 heavy (non-hydrogen) atoms. The summed E-state index contributed by atoms with van der Waals surface area (Å²) in [6, 6.07) is 5.55. The molecule has 1 aromatic rings. The summed E-state index contributed by atoms with van der Waals surface area (Å²) in [6.45, 7) is 0.0328. The van der Waals surface area contributed by atoms with E-state index in [1.165, 1.54) is 12.8 Å². The van der Waals surface area contributed by atoms with Gasteiger partial charge in [0.15, 0.2) is 11.5 Å². The number of methoxy groups -OCH3 is 1. The lowest BCUT2D eigenvalue weighted by Crippen LogP contribution is -2.11. The maximum Gasteiger partial charge on any atom is 0.161 e. The molecule has 0 spiro atoms. The molecule has 3 nitrogen and oxygen atoms in total. The van der Waals surface area contributed by atoms with Gasteiger partial charge in [-0.1, -0.05) is 6.07 Å². The van der Waals surface area contributed by atoms with Crippen LogP contribution in [0, 0.1) is 0 Å². The lowest BCUT2D eigenvalue weighted by molar-refractivity contribution is 0.199. The average molecular weight is 222 g/mol. The second-order valence-electron chi connectivity index (χ2n) is 4.17. The molecule has 0 radical (unpaired) electrons. The first-order chi connectivity index (χ1) is 7.83. The number of aliphatic hydroxyl groups is 1. The van der Waals surface area contributed by atoms with Crippen LogP contribution in [0.25, 0.3) is 0 Å². The fourth-order valence-electron chi connectivity index (χ4n) is 2.10. The largest absolute Gasteiger partial charge is 0.493 e. The van der Waals surface area contributed by atoms with Crippen LogP contribution in [0.3, 0.4) is 0 Å². The molecular formula is C13H18O3. The number of hydrogen-bond acceptors (Lipinski definition) is 3. The van der Waals surface area contributed by atoms with Crippen molar-refractivity contribution >= 4 is 0 Å². The molecule has 1 saturated carbocycles. The van der Waals surface area contributed by atoms with Crippen LogP contribution in [0.1, 0.15) is 31.2 Å². The van der Waals surface area contributed by atoms with Gasteiger partial charge in [-0.05, 0) is 43.4 Å². The second kappa shape index (κ2) is 5.21. The molecule has 0 unspecified atom stereocenters. The van der Waals surface area contributed by atoms with E-state index in [-0.39, 0.29) is 6.61 Å². The molecule has 0 bridgehead atoms. The zero-order valence-electron chi connectivity index (χ0n) is 9.61. The molecule has 2 rings (SSSR count). The third-order valence-electron chi connectivity index (χ3n) is 3.01. The van der Waals surface area contributed by atoms with Crippen LogP contribution >= 0.6 is 0 Å². The molecule has 3 heteroatoms. The normalized spacial score (nSPS) is 16.4. The van der Waals surface area contributed by atoms with Crippen LogP contribution in [0.4, 0.5) is 0 Å². The van der Waals surface area contributed by atoms with Gasteiger partial charge in [-0.2, -0.15) is 0 Å². The van der Waals surface area contributed by atoms with Gasteiger partial charge < -0.3 is 14.6 Å². The fourth-order valence-corrected chi connectivity index (χ4v) is 2.10. The molecule has 1 fully saturated rings. The highest BCUT2D eigenvalue weighted by molar-refractivity contribution is 5.42. The third-order valence-corrected chi connectivity index (χ3v) is 3.01. The van der Waals surface area contributed by atoms with E-state index < -0.39 is 0 Å². The standard InChI is InChI=1S/C13H18O3/c1-15-12-7-6-10(9-14)8-13(12)16-11-4-2-3-5-11/h6-8,11,14H,2-5,9H2,1H3. The topological polar surface area (TPSA) is 38.7 Å². The average Bonchev–Trinajstić information content (AvgIpc) is 2.82. The van der Waals surface area contributed by atoms with E-state index in [9.17, 15) is 0 Å². The number of aliphatic hydroxyl groups excluding tert-OH is 1. The molecule has 0 heterocycles. The molecule has 1 aliphatic carbocycles. The first-order valence-corrected chi connectivity index (χ1v) is 5.78. The molecule has 0 atom stereocenters. The van der Waals surface area contributed by atoms with Crippen molar-refractivity contribution in [3.63, 3.8) is 0 Å². The predicted octanol–water partition coefficient (Wildman–Crippen LogP) is 2.51. The van der Waals surface area contributed by atoms with Gasteiger partial charge in [-0.3, -0.25) is 0 Å². The number of benzene rings is 1. The Morgan fingerprint density at radius 1 is 1.25 bits per heavy atom. The van der Waals surface area contributed by atoms with Crippen molar-refractivity contribution in [2.75, 3.05) is 7.11 Å². The van der Waals surface area contributed by atoms with E-state index in [1.54, 1.807) is 7.11 Å². The van der Waals surface area contributed by atoms with Gasteiger partial charge >= 0.3 is 0 Å². The van der Waals surface area contributed by atoms with E-state index >= 15 is 0 Å². The molecule has 0 amide bonds. The summed E-state index contributed by atoms with van der Waals surface area (Å²) in [5.74, 6) is 1.49. The number of hydrogen-bond donors (Lipinski definition) is 1. The Morgan fingerprint density at radius 2 is 2.00 bits per heavy atom. The minimum absolute atomic E-state index is 0.0328. The molecule has 88 valence electrons. The summed E-state index contributed by atoms with van der Waals surface area (Å²) in [7, 11) is 1.63. The Kier molecular flexibility index (Phi) is 3.67. The van der Waals surface area contributed by atoms with Crippen LogP contribution in [-0.2, 0) is 6.61 Å². The molecule has 1 N–H and O–H groups in total. The van der Waals surface area contributed by atoms with Crippen molar-refractivity contribution < 1.29 is 14.6 Å². The first kappa shape index (κ1) is 11.3. The number of ether oxygens (including phenoxy) is 2. The van der Waals surface area contributed by atoms with Crippen LogP contribution in [0.2, 0.25) is 0 Å². The van der Waals surface area contributed by atoms with Gasteiger partial charge in [-0.15, -0.1) is 0 Å². The van der Waals surface area contributed by atoms with Crippen LogP contribution in [-0.4, -0.2) is 18.3 Å². The SMILES string of the molecule is COc1ccc(CO)cc1OC1CCCC1. The zero-order chi connectivity index (χ0) is 11.4. The smallest absolute Gasteiger partial charge is 0.161 e. The van der Waals surface area contributed by atoms with Crippen molar-refractivity contribution in [1.29, 1.82) is 0 Å². The summed E-state index contributed by atoms with van der Waals surface area (Å²) in [4.78, 5) is 0. The van der Waals surface area contributed by atoms with Gasteiger partial charge in [-0.25, -0.2) is 0 Å². The van der Waals surface area contributed by atoms with E-state index in [0.29, 0.717) is 6.10 Å². The van der Waals surface area contributed by atoms with Crippen molar-refractivity contribution in [1.82, 2.24) is 0 Å². The van der Waals surface area contributed by atoms with Crippen molar-refractivity contribution in [3.8, 4) is 11.5 Å². The minimum Gasteiger partial charge on any atom is -0.493 e. The van der Waals surface area contributed by atoms with Gasteiger partial charge in [0.1, 0.15) is 0 Å². The van der Waals surface area contributed by atoms with E-state index in [4.69, 9.17) is 14.6 Å². The highest BCUT2D eigenvalue weighted by Gasteiger charge is 2.18. The highest BCUT2D eigenvalue weighted by Crippen LogP contribution is 2.32. The quantitative estimate of drug-likeness (QED) is 0.850. The molecule has 1 aromatic carbocycles. The van der Waals surface area contributed by atoms with Crippen LogP contribution < -0.4 is 9.47 Å². The second-order valence-corrected chi connectivity index (χ2v) is 4.17. The molecule has 0 aromatic heterocycles. The van der Waals surface area contributed by atoms with Gasteiger partial charge in [0.05, 0.1) is 19.8 Å². The first-order valence-electron chi connectivity index (χ1n) is 5.78. The third kappa shape index (κ3) is 2.47. The minimum atomic E-state index is 0.0328. The van der Waals surface area contributed by atoms with Crippen molar-refractivity contribution in [2.24, 2.45) is 0 Å². The Bertz CT molecular complexity index is 343. The van der Waals surface area contributed by atoms with Gasteiger partial charge in [0.25, 0.3) is 0 Å².